The van der Waals surface area contributed by atoms with Gasteiger partial charge in [-0.25, -0.2) is 0 Å². The van der Waals surface area contributed by atoms with Gasteiger partial charge in [0.25, 0.3) is 5.89 Å². The van der Waals surface area contributed by atoms with Gasteiger partial charge in [0.2, 0.25) is 0 Å². The first-order valence-electron chi connectivity index (χ1n) is 4.67. The van der Waals surface area contributed by atoms with E-state index in [1.54, 1.807) is 18.3 Å². The van der Waals surface area contributed by atoms with Crippen molar-refractivity contribution in [3.05, 3.63) is 22.3 Å². The van der Waals surface area contributed by atoms with Crippen LogP contribution in [0.15, 0.2) is 10.6 Å². The van der Waals surface area contributed by atoms with Crippen molar-refractivity contribution in [3.63, 3.8) is 0 Å². The number of aliphatic hydroxyl groups excluding tert-OH is 1. The number of thiophene rings is 1. The average Bonchev–Trinajstić information content (AvgIpc) is 2.74. The normalized spacial score (nSPS) is 13.1. The Morgan fingerprint density at radius 1 is 1.47 bits per heavy atom. The highest BCUT2D eigenvalue weighted by atomic mass is 32.1. The largest absolute Gasteiger partial charge is 0.385 e. The van der Waals surface area contributed by atoms with Gasteiger partial charge < -0.3 is 9.63 Å². The molecule has 0 aromatic carbocycles. The Labute approximate surface area is 91.6 Å². The van der Waals surface area contributed by atoms with Gasteiger partial charge in [0.05, 0.1) is 4.88 Å². The molecule has 0 aliphatic carbocycles. The van der Waals surface area contributed by atoms with Crippen LogP contribution in [0.2, 0.25) is 0 Å². The van der Waals surface area contributed by atoms with Gasteiger partial charge in [0.1, 0.15) is 6.10 Å². The van der Waals surface area contributed by atoms with Crippen molar-refractivity contribution in [3.8, 4) is 10.8 Å². The summed E-state index contributed by atoms with van der Waals surface area (Å²) in [5, 5.41) is 13.0. The van der Waals surface area contributed by atoms with E-state index in [2.05, 4.69) is 17.1 Å². The van der Waals surface area contributed by atoms with E-state index in [0.29, 0.717) is 11.7 Å². The zero-order valence-electron chi connectivity index (χ0n) is 8.81. The third-order valence-electron chi connectivity index (χ3n) is 2.19. The summed E-state index contributed by atoms with van der Waals surface area (Å²) < 4.78 is 5.07. The van der Waals surface area contributed by atoms with E-state index in [9.17, 15) is 5.11 Å². The first-order chi connectivity index (χ1) is 7.08. The standard InChI is InChI=1S/C10H12N2O2S/c1-5-4-8(15-7(5)3)10-11-9(6(2)13)12-14-10/h4,6,13H,1-3H3. The third-order valence-corrected chi connectivity index (χ3v) is 3.33. The van der Waals surface area contributed by atoms with Crippen molar-refractivity contribution in [1.82, 2.24) is 10.1 Å². The Balaban J connectivity index is 2.37. The SMILES string of the molecule is Cc1cc(-c2nc(C(C)O)no2)sc1C. The Hall–Kier alpha value is -1.20. The molecule has 2 aromatic heterocycles. The molecule has 5 heteroatoms. The molecule has 15 heavy (non-hydrogen) atoms. The molecular weight excluding hydrogens is 212 g/mol. The Morgan fingerprint density at radius 2 is 2.20 bits per heavy atom. The highest BCUT2D eigenvalue weighted by Gasteiger charge is 2.14. The van der Waals surface area contributed by atoms with Crippen molar-refractivity contribution < 1.29 is 9.63 Å². The van der Waals surface area contributed by atoms with Crippen LogP contribution >= 0.6 is 11.3 Å². The first-order valence-corrected chi connectivity index (χ1v) is 5.48. The zero-order chi connectivity index (χ0) is 11.0. The molecule has 0 spiro atoms. The van der Waals surface area contributed by atoms with Gasteiger partial charge in [-0.05, 0) is 32.4 Å². The van der Waals surface area contributed by atoms with E-state index in [0.717, 1.165) is 4.88 Å². The second kappa shape index (κ2) is 3.75. The summed E-state index contributed by atoms with van der Waals surface area (Å²) in [7, 11) is 0. The summed E-state index contributed by atoms with van der Waals surface area (Å²) in [5.41, 5.74) is 1.21. The lowest BCUT2D eigenvalue weighted by Gasteiger charge is -1.91. The molecule has 0 aliphatic rings. The third kappa shape index (κ3) is 1.93. The van der Waals surface area contributed by atoms with E-state index >= 15 is 0 Å². The van der Waals surface area contributed by atoms with Crippen molar-refractivity contribution in [1.29, 1.82) is 0 Å². The molecule has 1 unspecified atom stereocenters. The van der Waals surface area contributed by atoms with Crippen LogP contribution in [0.1, 0.15) is 29.3 Å². The van der Waals surface area contributed by atoms with E-state index in [-0.39, 0.29) is 0 Å². The van der Waals surface area contributed by atoms with Crippen LogP contribution in [0.25, 0.3) is 10.8 Å². The molecule has 80 valence electrons. The molecule has 1 N–H and O–H groups in total. The fourth-order valence-electron chi connectivity index (χ4n) is 1.18. The van der Waals surface area contributed by atoms with Gasteiger partial charge in [-0.3, -0.25) is 0 Å². The summed E-state index contributed by atoms with van der Waals surface area (Å²) in [6.45, 7) is 5.70. The molecule has 0 amide bonds. The Kier molecular flexibility index (Phi) is 2.58. The molecule has 0 saturated carbocycles. The van der Waals surface area contributed by atoms with Crippen LogP contribution < -0.4 is 0 Å². The predicted molar refractivity (Wildman–Crippen MR) is 57.7 cm³/mol. The number of aromatic nitrogens is 2. The maximum absolute atomic E-state index is 9.26. The Morgan fingerprint density at radius 3 is 2.67 bits per heavy atom. The van der Waals surface area contributed by atoms with Crippen LogP contribution in [0.3, 0.4) is 0 Å². The molecule has 4 nitrogen and oxygen atoms in total. The highest BCUT2D eigenvalue weighted by molar-refractivity contribution is 7.15. The molecule has 0 radical (unpaired) electrons. The lowest BCUT2D eigenvalue weighted by Crippen LogP contribution is -1.92. The van der Waals surface area contributed by atoms with Crippen LogP contribution in [-0.2, 0) is 0 Å². The lowest BCUT2D eigenvalue weighted by atomic mass is 10.3. The molecule has 2 rings (SSSR count). The Bertz CT molecular complexity index is 454. The van der Waals surface area contributed by atoms with Crippen molar-refractivity contribution in [2.45, 2.75) is 26.9 Å². The monoisotopic (exact) mass is 224 g/mol. The summed E-state index contributed by atoms with van der Waals surface area (Å²) in [6, 6.07) is 2.01. The van der Waals surface area contributed by atoms with Crippen molar-refractivity contribution in [2.24, 2.45) is 0 Å². The minimum Gasteiger partial charge on any atom is -0.385 e. The van der Waals surface area contributed by atoms with Gasteiger partial charge in [-0.2, -0.15) is 4.98 Å². The second-order valence-electron chi connectivity index (χ2n) is 3.48. The topological polar surface area (TPSA) is 59.2 Å². The van der Waals surface area contributed by atoms with Gasteiger partial charge >= 0.3 is 0 Å². The van der Waals surface area contributed by atoms with Gasteiger partial charge in [-0.15, -0.1) is 11.3 Å². The second-order valence-corrected chi connectivity index (χ2v) is 4.74. The average molecular weight is 224 g/mol. The minimum atomic E-state index is -0.690. The van der Waals surface area contributed by atoms with Crippen LogP contribution in [0.4, 0.5) is 0 Å². The first kappa shape index (κ1) is 10.3. The van der Waals surface area contributed by atoms with Gasteiger partial charge in [-0.1, -0.05) is 5.16 Å². The van der Waals surface area contributed by atoms with Gasteiger partial charge in [0.15, 0.2) is 5.82 Å². The molecule has 2 aromatic rings. The van der Waals surface area contributed by atoms with Gasteiger partial charge in [0, 0.05) is 4.88 Å². The maximum Gasteiger partial charge on any atom is 0.268 e. The fraction of sp³-hybridized carbons (Fsp3) is 0.400. The molecular formula is C10H12N2O2S. The summed E-state index contributed by atoms with van der Waals surface area (Å²) >= 11 is 1.61. The minimum absolute atomic E-state index is 0.328. The summed E-state index contributed by atoms with van der Waals surface area (Å²) in [5.74, 6) is 0.806. The molecule has 0 saturated heterocycles. The molecule has 2 heterocycles. The highest BCUT2D eigenvalue weighted by Crippen LogP contribution is 2.29. The molecule has 0 bridgehead atoms. The summed E-state index contributed by atoms with van der Waals surface area (Å²) in [6.07, 6.45) is -0.690. The number of hydrogen-bond acceptors (Lipinski definition) is 5. The van der Waals surface area contributed by atoms with Crippen molar-refractivity contribution in [2.75, 3.05) is 0 Å². The zero-order valence-corrected chi connectivity index (χ0v) is 9.63. The molecule has 1 atom stereocenters. The molecule has 0 aliphatic heterocycles. The number of nitrogens with zero attached hydrogens (tertiary/aromatic N) is 2. The van der Waals surface area contributed by atoms with Crippen LogP contribution in [0.5, 0.6) is 0 Å². The quantitative estimate of drug-likeness (QED) is 0.851. The summed E-state index contributed by atoms with van der Waals surface area (Å²) in [4.78, 5) is 6.30. The van der Waals surface area contributed by atoms with E-state index in [4.69, 9.17) is 4.52 Å². The smallest absolute Gasteiger partial charge is 0.268 e. The van der Waals surface area contributed by atoms with E-state index in [1.807, 2.05) is 13.0 Å². The maximum atomic E-state index is 9.26. The molecule has 0 fully saturated rings. The number of aryl methyl sites for hydroxylation is 2. The number of hydrogen-bond donors (Lipinski definition) is 1. The van der Waals surface area contributed by atoms with Crippen LogP contribution in [-0.4, -0.2) is 15.2 Å². The number of rotatable bonds is 2. The van der Waals surface area contributed by atoms with E-state index in [1.165, 1.54) is 10.4 Å². The number of aliphatic hydroxyl groups is 1. The van der Waals surface area contributed by atoms with E-state index < -0.39 is 6.10 Å². The predicted octanol–water partition coefficient (Wildman–Crippen LogP) is 2.47. The van der Waals surface area contributed by atoms with Crippen molar-refractivity contribution >= 4 is 11.3 Å². The lowest BCUT2D eigenvalue weighted by molar-refractivity contribution is 0.184. The fourth-order valence-corrected chi connectivity index (χ4v) is 2.14. The van der Waals surface area contributed by atoms with Crippen LogP contribution in [0, 0.1) is 13.8 Å².